The monoisotopic (exact) mass is 542 g/mol. The molecule has 3 aromatic carbocycles. The number of benzene rings is 3. The van der Waals surface area contributed by atoms with Gasteiger partial charge in [0.25, 0.3) is 0 Å². The van der Waals surface area contributed by atoms with E-state index in [1.54, 1.807) is 19.2 Å². The Morgan fingerprint density at radius 3 is 1.60 bits per heavy atom. The fourth-order valence-electron chi connectivity index (χ4n) is 5.12. The minimum atomic E-state index is -0.354. The van der Waals surface area contributed by atoms with Crippen molar-refractivity contribution in [1.29, 1.82) is 0 Å². The molecule has 0 bridgehead atoms. The highest BCUT2D eigenvalue weighted by Gasteiger charge is 2.10. The molecule has 216 valence electrons. The number of hydrogen-bond acceptors (Lipinski definition) is 3. The van der Waals surface area contributed by atoms with Crippen molar-refractivity contribution in [1.82, 2.24) is 0 Å². The average Bonchev–Trinajstić information content (AvgIpc) is 3.00. The largest absolute Gasteiger partial charge is 0.423 e. The summed E-state index contributed by atoms with van der Waals surface area (Å²) in [5.41, 5.74) is 5.25. The zero-order valence-electron chi connectivity index (χ0n) is 25.1. The number of esters is 1. The average molecular weight is 543 g/mol. The molecule has 0 radical (unpaired) electrons. The van der Waals surface area contributed by atoms with Gasteiger partial charge in [0.1, 0.15) is 5.75 Å². The topological polar surface area (TPSA) is 35.5 Å². The van der Waals surface area contributed by atoms with E-state index in [0.717, 1.165) is 23.1 Å². The van der Waals surface area contributed by atoms with Gasteiger partial charge in [-0.15, -0.1) is 0 Å². The van der Waals surface area contributed by atoms with Crippen LogP contribution in [0, 0.1) is 0 Å². The van der Waals surface area contributed by atoms with Crippen molar-refractivity contribution in [3.63, 3.8) is 0 Å². The molecule has 0 saturated carbocycles. The summed E-state index contributed by atoms with van der Waals surface area (Å²) in [6.45, 7) is 4.27. The van der Waals surface area contributed by atoms with Crippen LogP contribution in [0.5, 0.6) is 5.75 Å². The highest BCUT2D eigenvalue weighted by atomic mass is 16.5. The van der Waals surface area contributed by atoms with Gasteiger partial charge in [0.15, 0.2) is 0 Å². The summed E-state index contributed by atoms with van der Waals surface area (Å²) in [6, 6.07) is 23.9. The summed E-state index contributed by atoms with van der Waals surface area (Å²) in [7, 11) is 1.68. The molecular weight excluding hydrogens is 492 g/mol. The van der Waals surface area contributed by atoms with Crippen molar-refractivity contribution in [3.05, 3.63) is 89.5 Å². The van der Waals surface area contributed by atoms with Crippen LogP contribution in [0.25, 0.3) is 11.1 Å². The van der Waals surface area contributed by atoms with Gasteiger partial charge < -0.3 is 9.47 Å². The fourth-order valence-corrected chi connectivity index (χ4v) is 5.12. The summed E-state index contributed by atoms with van der Waals surface area (Å²) < 4.78 is 10.9. The van der Waals surface area contributed by atoms with Gasteiger partial charge in [-0.05, 0) is 66.3 Å². The molecule has 3 heteroatoms. The molecule has 0 aromatic heterocycles. The molecule has 0 spiro atoms. The maximum atomic E-state index is 12.6. The van der Waals surface area contributed by atoms with Crippen LogP contribution in [0.15, 0.2) is 72.8 Å². The number of aryl methyl sites for hydroxylation is 1. The number of methoxy groups -OCH3 is 1. The number of hydrogen-bond donors (Lipinski definition) is 0. The van der Waals surface area contributed by atoms with E-state index in [1.807, 2.05) is 43.3 Å². The number of rotatable bonds is 19. The van der Waals surface area contributed by atoms with Gasteiger partial charge in [-0.1, -0.05) is 133 Å². The quantitative estimate of drug-likeness (QED) is 0.0858. The van der Waals surface area contributed by atoms with Crippen molar-refractivity contribution >= 4 is 5.97 Å². The van der Waals surface area contributed by atoms with Crippen molar-refractivity contribution < 1.29 is 14.3 Å². The van der Waals surface area contributed by atoms with Gasteiger partial charge >= 0.3 is 5.97 Å². The van der Waals surface area contributed by atoms with E-state index in [2.05, 4.69) is 31.2 Å². The molecule has 0 aliphatic heterocycles. The first-order valence-corrected chi connectivity index (χ1v) is 15.6. The van der Waals surface area contributed by atoms with Crippen LogP contribution in [-0.2, 0) is 11.2 Å². The summed E-state index contributed by atoms with van der Waals surface area (Å²) in [5.74, 6) is 0.174. The van der Waals surface area contributed by atoms with Gasteiger partial charge in [-0.2, -0.15) is 0 Å². The van der Waals surface area contributed by atoms with E-state index < -0.39 is 0 Å². The summed E-state index contributed by atoms with van der Waals surface area (Å²) in [6.07, 6.45) is 19.2. The molecule has 40 heavy (non-hydrogen) atoms. The minimum absolute atomic E-state index is 0.00516. The second-order valence-electron chi connectivity index (χ2n) is 11.1. The molecule has 3 nitrogen and oxygen atoms in total. The number of unbranched alkanes of at least 4 members (excludes halogenated alkanes) is 12. The predicted molar refractivity (Wildman–Crippen MR) is 168 cm³/mol. The molecule has 1 unspecified atom stereocenters. The van der Waals surface area contributed by atoms with Crippen LogP contribution in [0.2, 0.25) is 0 Å². The van der Waals surface area contributed by atoms with Crippen LogP contribution in [0.3, 0.4) is 0 Å². The van der Waals surface area contributed by atoms with Crippen LogP contribution >= 0.6 is 0 Å². The van der Waals surface area contributed by atoms with E-state index in [-0.39, 0.29) is 12.1 Å². The summed E-state index contributed by atoms with van der Waals surface area (Å²) in [4.78, 5) is 12.6. The van der Waals surface area contributed by atoms with E-state index in [1.165, 1.54) is 89.0 Å². The van der Waals surface area contributed by atoms with Crippen molar-refractivity contribution in [2.24, 2.45) is 0 Å². The number of carbonyl (C=O) groups excluding carboxylic acids is 1. The van der Waals surface area contributed by atoms with Crippen molar-refractivity contribution in [3.8, 4) is 16.9 Å². The van der Waals surface area contributed by atoms with Crippen LogP contribution in [0.1, 0.15) is 125 Å². The lowest BCUT2D eigenvalue weighted by atomic mass is 10.00. The van der Waals surface area contributed by atoms with Gasteiger partial charge in [-0.3, -0.25) is 0 Å². The van der Waals surface area contributed by atoms with Crippen LogP contribution < -0.4 is 4.74 Å². The Morgan fingerprint density at radius 2 is 1.10 bits per heavy atom. The summed E-state index contributed by atoms with van der Waals surface area (Å²) >= 11 is 0. The highest BCUT2D eigenvalue weighted by Crippen LogP contribution is 2.23. The van der Waals surface area contributed by atoms with E-state index >= 15 is 0 Å². The standard InChI is InChI=1S/C37H50O3/c1-4-5-6-7-8-9-10-11-12-13-14-15-16-17-31-18-20-33(21-19-31)34-22-24-35(25-23-34)37(38)40-36-28-26-32(27-29-36)30(2)39-3/h18-30H,4-17H2,1-3H3. The first-order chi connectivity index (χ1) is 19.6. The molecule has 1 atom stereocenters. The van der Waals surface area contributed by atoms with Gasteiger partial charge in [0.05, 0.1) is 11.7 Å². The normalized spacial score (nSPS) is 11.9. The lowest BCUT2D eigenvalue weighted by molar-refractivity contribution is 0.0734. The lowest BCUT2D eigenvalue weighted by Crippen LogP contribution is -2.08. The second kappa shape index (κ2) is 18.4. The van der Waals surface area contributed by atoms with E-state index in [0.29, 0.717) is 11.3 Å². The Balaban J connectivity index is 1.32. The first kappa shape index (κ1) is 31.6. The van der Waals surface area contributed by atoms with Crippen molar-refractivity contribution in [2.75, 3.05) is 7.11 Å². The third-order valence-electron chi connectivity index (χ3n) is 7.89. The fraction of sp³-hybridized carbons (Fsp3) is 0.486. The molecule has 0 saturated heterocycles. The molecule has 0 aliphatic rings. The number of carbonyl (C=O) groups is 1. The Kier molecular flexibility index (Phi) is 14.6. The minimum Gasteiger partial charge on any atom is -0.423 e. The third-order valence-corrected chi connectivity index (χ3v) is 7.89. The highest BCUT2D eigenvalue weighted by molar-refractivity contribution is 5.91. The van der Waals surface area contributed by atoms with Gasteiger partial charge in [0.2, 0.25) is 0 Å². The molecular formula is C37H50O3. The Labute approximate surface area is 243 Å². The summed E-state index contributed by atoms with van der Waals surface area (Å²) in [5, 5.41) is 0. The van der Waals surface area contributed by atoms with Crippen LogP contribution in [-0.4, -0.2) is 13.1 Å². The Hall–Kier alpha value is -2.91. The first-order valence-electron chi connectivity index (χ1n) is 15.6. The van der Waals surface area contributed by atoms with E-state index in [4.69, 9.17) is 9.47 Å². The van der Waals surface area contributed by atoms with Gasteiger partial charge in [0, 0.05) is 7.11 Å². The zero-order chi connectivity index (χ0) is 28.4. The molecule has 0 N–H and O–H groups in total. The molecule has 0 fully saturated rings. The SMILES string of the molecule is CCCCCCCCCCCCCCCc1ccc(-c2ccc(C(=O)Oc3ccc(C(C)OC)cc3)cc2)cc1. The Morgan fingerprint density at radius 1 is 0.625 bits per heavy atom. The third kappa shape index (κ3) is 11.3. The van der Waals surface area contributed by atoms with Crippen molar-refractivity contribution in [2.45, 2.75) is 110 Å². The maximum absolute atomic E-state index is 12.6. The smallest absolute Gasteiger partial charge is 0.343 e. The molecule has 0 aliphatic carbocycles. The molecule has 0 amide bonds. The lowest BCUT2D eigenvalue weighted by Gasteiger charge is -2.11. The second-order valence-corrected chi connectivity index (χ2v) is 11.1. The zero-order valence-corrected chi connectivity index (χ0v) is 25.1. The molecule has 3 aromatic rings. The van der Waals surface area contributed by atoms with Gasteiger partial charge in [-0.25, -0.2) is 4.79 Å². The molecule has 0 heterocycles. The Bertz CT molecular complexity index is 1080. The number of ether oxygens (including phenoxy) is 2. The maximum Gasteiger partial charge on any atom is 0.343 e. The van der Waals surface area contributed by atoms with Crippen LogP contribution in [0.4, 0.5) is 0 Å². The predicted octanol–water partition coefficient (Wildman–Crippen LogP) is 10.9. The van der Waals surface area contributed by atoms with E-state index in [9.17, 15) is 4.79 Å². The molecule has 3 rings (SSSR count).